The first-order chi connectivity index (χ1) is 15.6. The molecule has 2 aromatic heterocycles. The van der Waals surface area contributed by atoms with Crippen LogP contribution in [0.25, 0.3) is 10.7 Å². The lowest BCUT2D eigenvalue weighted by Gasteiger charge is -2.23. The van der Waals surface area contributed by atoms with Gasteiger partial charge in [-0.2, -0.15) is 0 Å². The van der Waals surface area contributed by atoms with Crippen LogP contribution in [-0.2, 0) is 11.3 Å². The van der Waals surface area contributed by atoms with E-state index in [0.29, 0.717) is 11.7 Å². The van der Waals surface area contributed by atoms with Gasteiger partial charge in [-0.15, -0.1) is 21.5 Å². The molecular formula is C23H27N5O2S2. The van der Waals surface area contributed by atoms with Crippen LogP contribution in [-0.4, -0.2) is 38.0 Å². The first-order valence-corrected chi connectivity index (χ1v) is 12.6. The van der Waals surface area contributed by atoms with E-state index in [9.17, 15) is 9.59 Å². The molecule has 0 radical (unpaired) electrons. The highest BCUT2D eigenvalue weighted by atomic mass is 32.2. The first-order valence-electron chi connectivity index (χ1n) is 10.9. The lowest BCUT2D eigenvalue weighted by molar-refractivity contribution is -0.119. The molecule has 0 aliphatic heterocycles. The van der Waals surface area contributed by atoms with Crippen molar-refractivity contribution in [2.24, 2.45) is 0 Å². The van der Waals surface area contributed by atoms with E-state index in [1.54, 1.807) is 18.3 Å². The second-order valence-electron chi connectivity index (χ2n) is 7.91. The summed E-state index contributed by atoms with van der Waals surface area (Å²) in [5.41, 5.74) is 1.12. The quantitative estimate of drug-likeness (QED) is 0.490. The lowest BCUT2D eigenvalue weighted by atomic mass is 9.96. The van der Waals surface area contributed by atoms with Crippen molar-refractivity contribution in [2.75, 3.05) is 0 Å². The van der Waals surface area contributed by atoms with Gasteiger partial charge >= 0.3 is 6.03 Å². The maximum Gasteiger partial charge on any atom is 0.321 e. The number of nitrogens with zero attached hydrogens (tertiary/aromatic N) is 3. The monoisotopic (exact) mass is 469 g/mol. The van der Waals surface area contributed by atoms with Crippen LogP contribution in [0.15, 0.2) is 53.0 Å². The van der Waals surface area contributed by atoms with Crippen molar-refractivity contribution < 1.29 is 9.59 Å². The van der Waals surface area contributed by atoms with Gasteiger partial charge in [0, 0.05) is 6.04 Å². The number of thiophene rings is 1. The van der Waals surface area contributed by atoms with Gasteiger partial charge in [-0.3, -0.25) is 14.7 Å². The molecule has 1 atom stereocenters. The zero-order valence-corrected chi connectivity index (χ0v) is 19.6. The predicted octanol–water partition coefficient (Wildman–Crippen LogP) is 4.69. The van der Waals surface area contributed by atoms with Crippen molar-refractivity contribution in [3.05, 3.63) is 53.4 Å². The fraction of sp³-hybridized carbons (Fsp3) is 0.391. The molecule has 1 fully saturated rings. The Morgan fingerprint density at radius 2 is 1.91 bits per heavy atom. The minimum absolute atomic E-state index is 0.154. The van der Waals surface area contributed by atoms with Crippen LogP contribution >= 0.6 is 23.1 Å². The molecule has 1 aromatic carbocycles. The number of thioether (sulfide) groups is 1. The SMILES string of the molecule is CC(Sc1nnc(-c2cccs2)n1Cc1ccccc1)C(=O)NC(=O)NC1CCCCC1. The number of nitrogens with one attached hydrogen (secondary N) is 2. The minimum Gasteiger partial charge on any atom is -0.335 e. The maximum absolute atomic E-state index is 12.7. The molecule has 1 unspecified atom stereocenters. The van der Waals surface area contributed by atoms with Gasteiger partial charge in [0.15, 0.2) is 11.0 Å². The third-order valence-corrected chi connectivity index (χ3v) is 7.42. The van der Waals surface area contributed by atoms with Crippen molar-refractivity contribution in [2.45, 2.75) is 62.0 Å². The average molecular weight is 470 g/mol. The number of carbonyl (C=O) groups excluding carboxylic acids is 2. The van der Waals surface area contributed by atoms with E-state index in [0.717, 1.165) is 41.9 Å². The van der Waals surface area contributed by atoms with Crippen LogP contribution in [0.2, 0.25) is 0 Å². The third-order valence-electron chi connectivity index (χ3n) is 5.47. The number of amides is 3. The molecule has 1 aliphatic rings. The van der Waals surface area contributed by atoms with Gasteiger partial charge in [0.1, 0.15) is 0 Å². The Morgan fingerprint density at radius 1 is 1.12 bits per heavy atom. The topological polar surface area (TPSA) is 88.9 Å². The summed E-state index contributed by atoms with van der Waals surface area (Å²) in [6.07, 6.45) is 5.40. The average Bonchev–Trinajstić information content (AvgIpc) is 3.45. The van der Waals surface area contributed by atoms with Crippen LogP contribution in [0.1, 0.15) is 44.6 Å². The summed E-state index contributed by atoms with van der Waals surface area (Å²) in [5.74, 6) is 0.434. The van der Waals surface area contributed by atoms with Crippen molar-refractivity contribution >= 4 is 35.0 Å². The number of carbonyl (C=O) groups is 2. The molecule has 0 spiro atoms. The van der Waals surface area contributed by atoms with Crippen LogP contribution in [0.3, 0.4) is 0 Å². The zero-order chi connectivity index (χ0) is 22.3. The minimum atomic E-state index is -0.498. The Morgan fingerprint density at radius 3 is 2.62 bits per heavy atom. The van der Waals surface area contributed by atoms with Gasteiger partial charge in [-0.25, -0.2) is 4.79 Å². The van der Waals surface area contributed by atoms with E-state index < -0.39 is 11.3 Å². The molecule has 0 bridgehead atoms. The van der Waals surface area contributed by atoms with E-state index in [4.69, 9.17) is 0 Å². The second-order valence-corrected chi connectivity index (χ2v) is 10.2. The summed E-state index contributed by atoms with van der Waals surface area (Å²) >= 11 is 2.90. The Labute approximate surface area is 196 Å². The van der Waals surface area contributed by atoms with Gasteiger partial charge in [-0.1, -0.05) is 67.4 Å². The fourth-order valence-corrected chi connectivity index (χ4v) is 5.33. The van der Waals surface area contributed by atoms with Crippen LogP contribution in [0.4, 0.5) is 4.79 Å². The molecule has 32 heavy (non-hydrogen) atoms. The molecule has 4 rings (SSSR count). The van der Waals surface area contributed by atoms with Gasteiger partial charge in [0.2, 0.25) is 5.91 Å². The fourth-order valence-electron chi connectivity index (χ4n) is 3.77. The van der Waals surface area contributed by atoms with E-state index in [1.165, 1.54) is 18.2 Å². The summed E-state index contributed by atoms with van der Waals surface area (Å²) in [5, 5.41) is 16.3. The normalized spacial score (nSPS) is 15.3. The molecule has 9 heteroatoms. The largest absolute Gasteiger partial charge is 0.335 e. The third kappa shape index (κ3) is 5.77. The summed E-state index contributed by atoms with van der Waals surface area (Å²) in [7, 11) is 0. The Balaban J connectivity index is 1.44. The standard InChI is InChI=1S/C23H27N5O2S2/c1-16(21(29)25-22(30)24-18-11-6-3-7-12-18)32-23-27-26-20(19-13-8-14-31-19)28(23)15-17-9-4-2-5-10-17/h2,4-5,8-10,13-14,16,18H,3,6-7,11-12,15H2,1H3,(H2,24,25,29,30). The summed E-state index contributed by atoms with van der Waals surface area (Å²) < 4.78 is 2.03. The van der Waals surface area contributed by atoms with E-state index >= 15 is 0 Å². The molecular weight excluding hydrogens is 442 g/mol. The summed E-state index contributed by atoms with van der Waals surface area (Å²) in [6.45, 7) is 2.38. The lowest BCUT2D eigenvalue weighted by Crippen LogP contribution is -2.47. The molecule has 2 heterocycles. The number of aromatic nitrogens is 3. The molecule has 1 aliphatic carbocycles. The first kappa shape index (κ1) is 22.5. The number of hydrogen-bond donors (Lipinski definition) is 2. The zero-order valence-electron chi connectivity index (χ0n) is 18.0. The molecule has 3 amide bonds. The molecule has 168 valence electrons. The van der Waals surface area contributed by atoms with Gasteiger partial charge in [0.25, 0.3) is 0 Å². The smallest absolute Gasteiger partial charge is 0.321 e. The summed E-state index contributed by atoms with van der Waals surface area (Å²) in [4.78, 5) is 25.9. The number of rotatable bonds is 7. The van der Waals surface area contributed by atoms with Gasteiger partial charge in [-0.05, 0) is 36.8 Å². The van der Waals surface area contributed by atoms with Crippen LogP contribution < -0.4 is 10.6 Å². The van der Waals surface area contributed by atoms with E-state index in [2.05, 4.69) is 33.0 Å². The highest BCUT2D eigenvalue weighted by Crippen LogP contribution is 2.30. The number of imide groups is 1. The highest BCUT2D eigenvalue weighted by Gasteiger charge is 2.24. The summed E-state index contributed by atoms with van der Waals surface area (Å²) in [6, 6.07) is 13.8. The molecule has 0 saturated heterocycles. The number of hydrogen-bond acceptors (Lipinski definition) is 6. The second kappa shape index (κ2) is 10.8. The molecule has 2 N–H and O–H groups in total. The Hall–Kier alpha value is -2.65. The van der Waals surface area contributed by atoms with Gasteiger partial charge < -0.3 is 5.32 Å². The Bertz CT molecular complexity index is 1030. The van der Waals surface area contributed by atoms with Crippen molar-refractivity contribution in [3.8, 4) is 10.7 Å². The predicted molar refractivity (Wildman–Crippen MR) is 128 cm³/mol. The van der Waals surface area contributed by atoms with E-state index in [-0.39, 0.29) is 11.9 Å². The van der Waals surface area contributed by atoms with E-state index in [1.807, 2.05) is 40.3 Å². The molecule has 1 saturated carbocycles. The van der Waals surface area contributed by atoms with Crippen LogP contribution in [0, 0.1) is 0 Å². The number of urea groups is 1. The van der Waals surface area contributed by atoms with Crippen molar-refractivity contribution in [1.82, 2.24) is 25.4 Å². The molecule has 3 aromatic rings. The number of benzene rings is 1. The van der Waals surface area contributed by atoms with Crippen molar-refractivity contribution in [1.29, 1.82) is 0 Å². The Kier molecular flexibility index (Phi) is 7.59. The van der Waals surface area contributed by atoms with Crippen LogP contribution in [0.5, 0.6) is 0 Å². The molecule has 7 nitrogen and oxygen atoms in total. The highest BCUT2D eigenvalue weighted by molar-refractivity contribution is 8.00. The van der Waals surface area contributed by atoms with Crippen molar-refractivity contribution in [3.63, 3.8) is 0 Å². The van der Waals surface area contributed by atoms with Gasteiger partial charge in [0.05, 0.1) is 16.7 Å². The maximum atomic E-state index is 12.7.